The number of amides is 1. The molecule has 0 radical (unpaired) electrons. The molecule has 0 aromatic heterocycles. The zero-order valence-electron chi connectivity index (χ0n) is 13.8. The van der Waals surface area contributed by atoms with Crippen molar-refractivity contribution < 1.29 is 9.90 Å². The fraction of sp³-hybridized carbons (Fsp3) is 0.444. The van der Waals surface area contributed by atoms with Crippen molar-refractivity contribution in [1.82, 2.24) is 5.32 Å². The summed E-state index contributed by atoms with van der Waals surface area (Å²) in [7, 11) is 0. The van der Waals surface area contributed by atoms with E-state index in [2.05, 4.69) is 23.3 Å². The molecule has 0 saturated carbocycles. The van der Waals surface area contributed by atoms with E-state index in [1.54, 1.807) is 23.9 Å². The number of aliphatic hydroxyl groups is 1. The average molecular weight is 345 g/mol. The van der Waals surface area contributed by atoms with E-state index in [1.165, 1.54) is 0 Å². The lowest BCUT2D eigenvalue weighted by Gasteiger charge is -2.32. The second-order valence-electron chi connectivity index (χ2n) is 6.49. The summed E-state index contributed by atoms with van der Waals surface area (Å²) in [5.74, 6) is 0.413. The SMILES string of the molecule is CC1(C2=CCCC(NC(=O)C3CC=CC=C3O)=C2)CCSC(N)=N1. The van der Waals surface area contributed by atoms with Gasteiger partial charge in [0.2, 0.25) is 5.91 Å². The Kier molecular flexibility index (Phi) is 4.85. The van der Waals surface area contributed by atoms with Gasteiger partial charge in [0.05, 0.1) is 11.5 Å². The summed E-state index contributed by atoms with van der Waals surface area (Å²) in [5, 5.41) is 13.5. The van der Waals surface area contributed by atoms with Crippen LogP contribution in [0, 0.1) is 5.92 Å². The summed E-state index contributed by atoms with van der Waals surface area (Å²) in [6, 6.07) is 0. The van der Waals surface area contributed by atoms with Crippen LogP contribution < -0.4 is 11.1 Å². The van der Waals surface area contributed by atoms with Gasteiger partial charge < -0.3 is 16.2 Å². The van der Waals surface area contributed by atoms with Crippen molar-refractivity contribution in [3.05, 3.63) is 47.4 Å². The quantitative estimate of drug-likeness (QED) is 0.734. The molecular formula is C18H23N3O2S. The van der Waals surface area contributed by atoms with Crippen LogP contribution in [0.4, 0.5) is 0 Å². The van der Waals surface area contributed by atoms with Crippen LogP contribution in [0.25, 0.3) is 0 Å². The predicted molar refractivity (Wildman–Crippen MR) is 98.6 cm³/mol. The van der Waals surface area contributed by atoms with Crippen molar-refractivity contribution in [3.8, 4) is 0 Å². The minimum Gasteiger partial charge on any atom is -0.511 e. The molecule has 1 heterocycles. The van der Waals surface area contributed by atoms with E-state index >= 15 is 0 Å². The van der Waals surface area contributed by atoms with E-state index in [-0.39, 0.29) is 17.2 Å². The van der Waals surface area contributed by atoms with Crippen molar-refractivity contribution in [2.75, 3.05) is 5.75 Å². The molecule has 4 N–H and O–H groups in total. The van der Waals surface area contributed by atoms with Crippen molar-refractivity contribution in [2.24, 2.45) is 16.6 Å². The first-order valence-electron chi connectivity index (χ1n) is 8.24. The van der Waals surface area contributed by atoms with E-state index in [0.717, 1.165) is 36.3 Å². The Morgan fingerprint density at radius 3 is 3.12 bits per heavy atom. The molecule has 24 heavy (non-hydrogen) atoms. The number of thioether (sulfide) groups is 1. The molecular weight excluding hydrogens is 322 g/mol. The Labute approximate surface area is 146 Å². The highest BCUT2D eigenvalue weighted by molar-refractivity contribution is 8.13. The smallest absolute Gasteiger partial charge is 0.235 e. The van der Waals surface area contributed by atoms with Crippen molar-refractivity contribution in [1.29, 1.82) is 0 Å². The maximum absolute atomic E-state index is 12.4. The van der Waals surface area contributed by atoms with Crippen LogP contribution in [-0.2, 0) is 4.79 Å². The highest BCUT2D eigenvalue weighted by atomic mass is 32.2. The fourth-order valence-corrected chi connectivity index (χ4v) is 4.15. The van der Waals surface area contributed by atoms with Crippen LogP contribution in [-0.4, -0.2) is 27.5 Å². The monoisotopic (exact) mass is 345 g/mol. The van der Waals surface area contributed by atoms with Crippen LogP contribution in [0.15, 0.2) is 52.4 Å². The standard InChI is InChI=1S/C18H23N3O2S/c1-18(9-10-24-17(19)21-18)12-5-4-6-13(11-12)20-16(23)14-7-2-3-8-15(14)22/h2-3,5,8,11,14,22H,4,6-7,9-10H2,1H3,(H2,19,21)(H,20,23). The minimum atomic E-state index is -0.499. The van der Waals surface area contributed by atoms with Crippen LogP contribution in [0.2, 0.25) is 0 Å². The number of nitrogens with zero attached hydrogens (tertiary/aromatic N) is 1. The first kappa shape index (κ1) is 16.9. The van der Waals surface area contributed by atoms with Crippen LogP contribution in [0.3, 0.4) is 0 Å². The van der Waals surface area contributed by atoms with Gasteiger partial charge in [0, 0.05) is 11.4 Å². The topological polar surface area (TPSA) is 87.7 Å². The number of hydrogen-bond acceptors (Lipinski definition) is 5. The highest BCUT2D eigenvalue weighted by Crippen LogP contribution is 2.35. The molecule has 3 aliphatic rings. The number of aliphatic hydroxyl groups excluding tert-OH is 1. The third-order valence-corrected chi connectivity index (χ3v) is 5.45. The zero-order valence-corrected chi connectivity index (χ0v) is 14.6. The normalized spacial score (nSPS) is 30.0. The summed E-state index contributed by atoms with van der Waals surface area (Å²) < 4.78 is 0. The third kappa shape index (κ3) is 3.59. The van der Waals surface area contributed by atoms with E-state index < -0.39 is 5.92 Å². The van der Waals surface area contributed by atoms with Gasteiger partial charge in [0.1, 0.15) is 5.76 Å². The number of carbonyl (C=O) groups excluding carboxylic acids is 1. The predicted octanol–water partition coefficient (Wildman–Crippen LogP) is 2.94. The third-order valence-electron chi connectivity index (χ3n) is 4.66. The van der Waals surface area contributed by atoms with Crippen molar-refractivity contribution in [2.45, 2.75) is 38.1 Å². The molecule has 2 unspecified atom stereocenters. The van der Waals surface area contributed by atoms with Gasteiger partial charge in [0.15, 0.2) is 5.17 Å². The molecule has 1 aliphatic heterocycles. The molecule has 0 saturated heterocycles. The number of rotatable bonds is 3. The van der Waals surface area contributed by atoms with Gasteiger partial charge in [-0.2, -0.15) is 0 Å². The summed E-state index contributed by atoms with van der Waals surface area (Å²) >= 11 is 1.58. The molecule has 2 aliphatic carbocycles. The first-order chi connectivity index (χ1) is 11.5. The Hall–Kier alpha value is -1.95. The summed E-state index contributed by atoms with van der Waals surface area (Å²) in [6.07, 6.45) is 12.5. The fourth-order valence-electron chi connectivity index (χ4n) is 3.18. The lowest BCUT2D eigenvalue weighted by atomic mass is 9.85. The van der Waals surface area contributed by atoms with E-state index in [1.807, 2.05) is 12.2 Å². The second-order valence-corrected chi connectivity index (χ2v) is 7.60. The minimum absolute atomic E-state index is 0.121. The zero-order chi connectivity index (χ0) is 17.2. The van der Waals surface area contributed by atoms with Crippen molar-refractivity contribution in [3.63, 3.8) is 0 Å². The Morgan fingerprint density at radius 1 is 1.54 bits per heavy atom. The molecule has 0 aromatic rings. The van der Waals surface area contributed by atoms with E-state index in [0.29, 0.717) is 11.6 Å². The Morgan fingerprint density at radius 2 is 2.38 bits per heavy atom. The van der Waals surface area contributed by atoms with E-state index in [4.69, 9.17) is 5.73 Å². The molecule has 128 valence electrons. The summed E-state index contributed by atoms with van der Waals surface area (Å²) in [4.78, 5) is 17.1. The molecule has 0 bridgehead atoms. The van der Waals surface area contributed by atoms with E-state index in [9.17, 15) is 9.90 Å². The number of nitrogens with two attached hydrogens (primary N) is 1. The van der Waals surface area contributed by atoms with Gasteiger partial charge in [-0.05, 0) is 50.3 Å². The Bertz CT molecular complexity index is 690. The number of hydrogen-bond donors (Lipinski definition) is 3. The molecule has 5 nitrogen and oxygen atoms in total. The summed E-state index contributed by atoms with van der Waals surface area (Å²) in [5.41, 5.74) is 7.57. The lowest BCUT2D eigenvalue weighted by Crippen LogP contribution is -2.35. The second kappa shape index (κ2) is 6.89. The summed E-state index contributed by atoms with van der Waals surface area (Å²) in [6.45, 7) is 2.09. The van der Waals surface area contributed by atoms with Crippen LogP contribution in [0.1, 0.15) is 32.6 Å². The van der Waals surface area contributed by atoms with Gasteiger partial charge in [0.25, 0.3) is 0 Å². The van der Waals surface area contributed by atoms with Gasteiger partial charge in [-0.3, -0.25) is 9.79 Å². The lowest BCUT2D eigenvalue weighted by molar-refractivity contribution is -0.123. The van der Waals surface area contributed by atoms with Crippen LogP contribution >= 0.6 is 11.8 Å². The molecule has 6 heteroatoms. The maximum Gasteiger partial charge on any atom is 0.235 e. The first-order valence-corrected chi connectivity index (χ1v) is 9.22. The van der Waals surface area contributed by atoms with Gasteiger partial charge in [-0.15, -0.1) is 0 Å². The van der Waals surface area contributed by atoms with Gasteiger partial charge in [-0.25, -0.2) is 0 Å². The number of carbonyl (C=O) groups is 1. The number of nitrogens with one attached hydrogen (secondary N) is 1. The number of allylic oxidation sites excluding steroid dienone is 5. The molecule has 3 rings (SSSR count). The van der Waals surface area contributed by atoms with Crippen LogP contribution in [0.5, 0.6) is 0 Å². The molecule has 0 fully saturated rings. The molecule has 2 atom stereocenters. The molecule has 0 spiro atoms. The maximum atomic E-state index is 12.4. The van der Waals surface area contributed by atoms with Gasteiger partial charge in [-0.1, -0.05) is 30.0 Å². The highest BCUT2D eigenvalue weighted by Gasteiger charge is 2.32. The largest absolute Gasteiger partial charge is 0.511 e. The Balaban J connectivity index is 1.73. The van der Waals surface area contributed by atoms with Gasteiger partial charge >= 0.3 is 0 Å². The number of aliphatic imine (C=N–C) groups is 1. The number of amidine groups is 1. The van der Waals surface area contributed by atoms with Crippen molar-refractivity contribution >= 4 is 22.8 Å². The molecule has 0 aromatic carbocycles. The molecule has 1 amide bonds. The average Bonchev–Trinajstić information content (AvgIpc) is 2.55.